The fourth-order valence-electron chi connectivity index (χ4n) is 7.87. The van der Waals surface area contributed by atoms with E-state index in [-0.39, 0.29) is 0 Å². The average Bonchev–Trinajstić information content (AvgIpc) is 3.57. The van der Waals surface area contributed by atoms with Gasteiger partial charge in [-0.15, -0.1) is 0 Å². The summed E-state index contributed by atoms with van der Waals surface area (Å²) in [5.41, 5.74) is 14.0. The maximum Gasteiger partial charge on any atom is 0.197 e. The number of para-hydroxylation sites is 1. The van der Waals surface area contributed by atoms with Crippen LogP contribution in [0.4, 0.5) is 5.69 Å². The number of rotatable bonds is 6. The minimum Gasteiger partial charge on any atom is -0.309 e. The molecule has 0 unspecified atom stereocenters. The van der Waals surface area contributed by atoms with Crippen molar-refractivity contribution >= 4 is 43.8 Å². The van der Waals surface area contributed by atoms with E-state index in [0.717, 1.165) is 38.4 Å². The Bertz CT molecular complexity index is 2220. The minimum atomic E-state index is 0.322. The first kappa shape index (κ1) is 30.5. The predicted octanol–water partition coefficient (Wildman–Crippen LogP) is 13.1. The SMILES string of the molecule is [C-]#[N+]c1cc2c(cc1-c1c(C(C)C)cccc1C(C)C)c1cccc3c4cc(-c5c(C(C)C)cccc5C(C)C)c(C#N)cc4n2c31. The van der Waals surface area contributed by atoms with E-state index in [2.05, 4.69) is 150 Å². The summed E-state index contributed by atoms with van der Waals surface area (Å²) in [7, 11) is 0. The molecule has 3 nitrogen and oxygen atoms in total. The highest BCUT2D eigenvalue weighted by Gasteiger charge is 2.25. The molecule has 47 heavy (non-hydrogen) atoms. The van der Waals surface area contributed by atoms with Crippen molar-refractivity contribution in [3.8, 4) is 28.3 Å². The zero-order chi connectivity index (χ0) is 33.3. The van der Waals surface area contributed by atoms with Crippen molar-refractivity contribution < 1.29 is 0 Å². The van der Waals surface area contributed by atoms with Crippen LogP contribution in [0.25, 0.3) is 65.2 Å². The average molecular weight is 612 g/mol. The van der Waals surface area contributed by atoms with Gasteiger partial charge in [0.05, 0.1) is 29.2 Å². The molecule has 3 heteroatoms. The van der Waals surface area contributed by atoms with E-state index in [1.165, 1.54) is 44.2 Å². The van der Waals surface area contributed by atoms with E-state index >= 15 is 0 Å². The van der Waals surface area contributed by atoms with Gasteiger partial charge in [0.1, 0.15) is 0 Å². The highest BCUT2D eigenvalue weighted by Crippen LogP contribution is 2.48. The van der Waals surface area contributed by atoms with Gasteiger partial charge in [-0.25, -0.2) is 4.85 Å². The van der Waals surface area contributed by atoms with Gasteiger partial charge in [-0.05, 0) is 80.8 Å². The number of hydrogen-bond donors (Lipinski definition) is 0. The molecular formula is C44H41N3. The van der Waals surface area contributed by atoms with E-state index in [1.807, 2.05) is 0 Å². The highest BCUT2D eigenvalue weighted by molar-refractivity contribution is 6.24. The molecule has 0 aliphatic rings. The Morgan fingerprint density at radius 3 is 1.45 bits per heavy atom. The second-order valence-corrected chi connectivity index (χ2v) is 14.3. The van der Waals surface area contributed by atoms with Gasteiger partial charge in [-0.1, -0.05) is 116 Å². The van der Waals surface area contributed by atoms with E-state index in [4.69, 9.17) is 6.57 Å². The van der Waals surface area contributed by atoms with E-state index in [0.29, 0.717) is 34.9 Å². The summed E-state index contributed by atoms with van der Waals surface area (Å²) >= 11 is 0. The Kier molecular flexibility index (Phi) is 7.33. The van der Waals surface area contributed by atoms with Crippen molar-refractivity contribution in [3.63, 3.8) is 0 Å². The molecule has 2 heterocycles. The third kappa shape index (κ3) is 4.52. The summed E-state index contributed by atoms with van der Waals surface area (Å²) in [5.74, 6) is 1.30. The molecule has 0 N–H and O–H groups in total. The third-order valence-corrected chi connectivity index (χ3v) is 10.1. The number of nitriles is 1. The van der Waals surface area contributed by atoms with Crippen LogP contribution in [0, 0.1) is 17.9 Å². The molecule has 232 valence electrons. The first-order chi connectivity index (χ1) is 22.6. The second kappa shape index (κ2) is 11.3. The molecule has 0 spiro atoms. The van der Waals surface area contributed by atoms with E-state index < -0.39 is 0 Å². The summed E-state index contributed by atoms with van der Waals surface area (Å²) in [6.45, 7) is 26.2. The van der Waals surface area contributed by atoms with Gasteiger partial charge in [0.25, 0.3) is 0 Å². The Labute approximate surface area is 278 Å². The lowest BCUT2D eigenvalue weighted by Gasteiger charge is -2.21. The Balaban J connectivity index is 1.60. The summed E-state index contributed by atoms with van der Waals surface area (Å²) in [6, 6.07) is 31.0. The minimum absolute atomic E-state index is 0.322. The first-order valence-corrected chi connectivity index (χ1v) is 16.9. The molecule has 0 radical (unpaired) electrons. The van der Waals surface area contributed by atoms with Crippen LogP contribution in [0.3, 0.4) is 0 Å². The second-order valence-electron chi connectivity index (χ2n) is 14.3. The third-order valence-electron chi connectivity index (χ3n) is 10.1. The van der Waals surface area contributed by atoms with Crippen LogP contribution in [0.15, 0.2) is 78.9 Å². The molecule has 5 aromatic carbocycles. The molecule has 0 aliphatic carbocycles. The number of benzene rings is 5. The normalized spacial score (nSPS) is 12.1. The number of fused-ring (bicyclic) bond motifs is 6. The van der Waals surface area contributed by atoms with Crippen LogP contribution in [0.1, 0.15) is 107 Å². The lowest BCUT2D eigenvalue weighted by atomic mass is 9.83. The van der Waals surface area contributed by atoms with Crippen molar-refractivity contribution in [3.05, 3.63) is 118 Å². The van der Waals surface area contributed by atoms with Gasteiger partial charge in [-0.3, -0.25) is 0 Å². The van der Waals surface area contributed by atoms with Gasteiger partial charge < -0.3 is 4.40 Å². The lowest BCUT2D eigenvalue weighted by Crippen LogP contribution is -2.01. The van der Waals surface area contributed by atoms with Crippen molar-refractivity contribution in [2.75, 3.05) is 0 Å². The number of nitrogens with zero attached hydrogens (tertiary/aromatic N) is 3. The molecule has 7 rings (SSSR count). The van der Waals surface area contributed by atoms with Crippen molar-refractivity contribution in [1.29, 1.82) is 5.26 Å². The molecule has 0 aliphatic heterocycles. The Hall–Kier alpha value is -5.12. The summed E-state index contributed by atoms with van der Waals surface area (Å²) in [5, 5.41) is 15.2. The van der Waals surface area contributed by atoms with Crippen LogP contribution in [-0.2, 0) is 0 Å². The number of hydrogen-bond acceptors (Lipinski definition) is 1. The monoisotopic (exact) mass is 611 g/mol. The predicted molar refractivity (Wildman–Crippen MR) is 199 cm³/mol. The maximum absolute atomic E-state index is 10.6. The van der Waals surface area contributed by atoms with Crippen molar-refractivity contribution in [2.45, 2.75) is 79.1 Å². The van der Waals surface area contributed by atoms with Crippen LogP contribution in [0.5, 0.6) is 0 Å². The summed E-state index contributed by atoms with van der Waals surface area (Å²) in [4.78, 5) is 4.14. The van der Waals surface area contributed by atoms with Gasteiger partial charge >= 0.3 is 0 Å². The van der Waals surface area contributed by atoms with E-state index in [9.17, 15) is 5.26 Å². The van der Waals surface area contributed by atoms with Gasteiger partial charge in [0.2, 0.25) is 0 Å². The Morgan fingerprint density at radius 1 is 0.574 bits per heavy atom. The molecule has 7 aromatic rings. The molecular weight excluding hydrogens is 571 g/mol. The molecule has 0 saturated carbocycles. The molecule has 0 fully saturated rings. The van der Waals surface area contributed by atoms with Crippen LogP contribution in [-0.4, -0.2) is 4.40 Å². The number of aromatic nitrogens is 1. The smallest absolute Gasteiger partial charge is 0.197 e. The van der Waals surface area contributed by atoms with E-state index in [1.54, 1.807) is 0 Å². The van der Waals surface area contributed by atoms with Gasteiger partial charge in [-0.2, -0.15) is 5.26 Å². The molecule has 0 bridgehead atoms. The molecule has 0 saturated heterocycles. The van der Waals surface area contributed by atoms with Crippen LogP contribution < -0.4 is 0 Å². The zero-order valence-corrected chi connectivity index (χ0v) is 28.7. The Morgan fingerprint density at radius 2 is 1.00 bits per heavy atom. The van der Waals surface area contributed by atoms with Crippen LogP contribution in [0.2, 0.25) is 0 Å². The van der Waals surface area contributed by atoms with Crippen molar-refractivity contribution in [2.24, 2.45) is 0 Å². The summed E-state index contributed by atoms with van der Waals surface area (Å²) < 4.78 is 2.30. The molecule has 2 aromatic heterocycles. The quantitative estimate of drug-likeness (QED) is 0.172. The van der Waals surface area contributed by atoms with Crippen LogP contribution >= 0.6 is 0 Å². The van der Waals surface area contributed by atoms with Gasteiger partial charge in [0, 0.05) is 32.6 Å². The molecule has 0 amide bonds. The zero-order valence-electron chi connectivity index (χ0n) is 28.7. The fraction of sp³-hybridized carbons (Fsp3) is 0.273. The molecule has 0 atom stereocenters. The maximum atomic E-state index is 10.6. The van der Waals surface area contributed by atoms with Gasteiger partial charge in [0.15, 0.2) is 5.69 Å². The standard InChI is InChI=1S/C44H41N3/c1-24(2)29-13-10-14-30(25(3)4)42(29)35-20-36-33-17-12-18-34-37-21-38(43-31(26(5)6)15-11-16-32(43)27(7)8)39(46-9)22-41(37)47(44(33)34)40(36)19-28(35)23-45/h10-22,24-27H,1-8H3. The fourth-order valence-corrected chi connectivity index (χ4v) is 7.87. The lowest BCUT2D eigenvalue weighted by molar-refractivity contribution is 0.838. The first-order valence-electron chi connectivity index (χ1n) is 16.9. The largest absolute Gasteiger partial charge is 0.309 e. The van der Waals surface area contributed by atoms with Crippen molar-refractivity contribution in [1.82, 2.24) is 4.40 Å². The topological polar surface area (TPSA) is 32.6 Å². The summed E-state index contributed by atoms with van der Waals surface area (Å²) in [6.07, 6.45) is 0. The highest BCUT2D eigenvalue weighted by atomic mass is 14.9.